The lowest BCUT2D eigenvalue weighted by Crippen LogP contribution is -1.88. The fourth-order valence-corrected chi connectivity index (χ4v) is 1.13. The first kappa shape index (κ1) is 5.55. The zero-order chi connectivity index (χ0) is 6.81. The quantitative estimate of drug-likeness (QED) is 0.604. The van der Waals surface area contributed by atoms with Crippen molar-refractivity contribution >= 4 is 11.5 Å². The van der Waals surface area contributed by atoms with Crippen molar-refractivity contribution in [3.8, 4) is 5.00 Å². The smallest absolute Gasteiger partial charge is 0.157 e. The van der Waals surface area contributed by atoms with Crippen LogP contribution in [0.3, 0.4) is 0 Å². The summed E-state index contributed by atoms with van der Waals surface area (Å²) in [5.41, 5.74) is 0. The van der Waals surface area contributed by atoms with Crippen molar-refractivity contribution in [2.24, 2.45) is 0 Å². The third-order valence-corrected chi connectivity index (χ3v) is 1.74. The lowest BCUT2D eigenvalue weighted by molar-refractivity contribution is 0.893. The molecule has 2 rings (SSSR count). The van der Waals surface area contributed by atoms with Crippen molar-refractivity contribution in [2.75, 3.05) is 0 Å². The highest BCUT2D eigenvalue weighted by Gasteiger charge is 1.95. The summed E-state index contributed by atoms with van der Waals surface area (Å²) in [5, 5.41) is 8.63. The molecule has 0 saturated carbocycles. The zero-order valence-corrected chi connectivity index (χ0v) is 5.82. The van der Waals surface area contributed by atoms with E-state index in [1.807, 2.05) is 12.3 Å². The first-order valence-corrected chi connectivity index (χ1v) is 3.51. The van der Waals surface area contributed by atoms with Gasteiger partial charge in [-0.05, 0) is 6.07 Å². The van der Waals surface area contributed by atoms with Crippen molar-refractivity contribution in [3.63, 3.8) is 0 Å². The molecule has 0 saturated heterocycles. The van der Waals surface area contributed by atoms with E-state index < -0.39 is 0 Å². The van der Waals surface area contributed by atoms with Crippen LogP contribution in [0.5, 0.6) is 0 Å². The highest BCUT2D eigenvalue weighted by molar-refractivity contribution is 7.08. The molecule has 0 unspecified atom stereocenters. The molecule has 0 aliphatic heterocycles. The fraction of sp³-hybridized carbons (Fsp3) is 0. The lowest BCUT2D eigenvalue weighted by Gasteiger charge is -1.88. The molecule has 2 heterocycles. The fourth-order valence-electron chi connectivity index (χ4n) is 0.662. The van der Waals surface area contributed by atoms with Gasteiger partial charge in [0.15, 0.2) is 5.00 Å². The third kappa shape index (κ3) is 0.801. The van der Waals surface area contributed by atoms with Gasteiger partial charge in [-0.25, -0.2) is 4.68 Å². The summed E-state index contributed by atoms with van der Waals surface area (Å²) in [4.78, 5) is 0. The Labute approximate surface area is 61.3 Å². The van der Waals surface area contributed by atoms with Crippen LogP contribution in [0.15, 0.2) is 24.7 Å². The molecule has 0 aliphatic carbocycles. The highest BCUT2D eigenvalue weighted by Crippen LogP contribution is 2.06. The Kier molecular flexibility index (Phi) is 1.21. The van der Waals surface area contributed by atoms with Crippen LogP contribution in [-0.2, 0) is 0 Å². The van der Waals surface area contributed by atoms with Crippen LogP contribution in [0.2, 0.25) is 0 Å². The Morgan fingerprint density at radius 2 is 2.50 bits per heavy atom. The van der Waals surface area contributed by atoms with Gasteiger partial charge in [0, 0.05) is 23.9 Å². The molecule has 2 aromatic rings. The van der Waals surface area contributed by atoms with E-state index in [4.69, 9.17) is 0 Å². The topological polar surface area (TPSA) is 43.6 Å². The van der Waals surface area contributed by atoms with Crippen molar-refractivity contribution < 1.29 is 0 Å². The highest BCUT2D eigenvalue weighted by atomic mass is 32.1. The Hall–Kier alpha value is -1.23. The zero-order valence-electron chi connectivity index (χ0n) is 5.01. The Morgan fingerprint density at radius 3 is 3.10 bits per heavy atom. The van der Waals surface area contributed by atoms with Crippen LogP contribution in [-0.4, -0.2) is 19.4 Å². The van der Waals surface area contributed by atoms with E-state index in [0.717, 1.165) is 5.00 Å². The average Bonchev–Trinajstić information content (AvgIpc) is 2.59. The summed E-state index contributed by atoms with van der Waals surface area (Å²) in [6.07, 6.45) is 5.26. The Bertz CT molecular complexity index is 253. The minimum Gasteiger partial charge on any atom is -0.228 e. The first-order valence-electron chi connectivity index (χ1n) is 2.74. The molecule has 0 fully saturated rings. The molecule has 0 bridgehead atoms. The summed E-state index contributed by atoms with van der Waals surface area (Å²) in [7, 11) is 0. The monoisotopic (exact) mass is 152 g/mol. The predicted octanol–water partition coefficient (Wildman–Crippen LogP) is 0.724. The molecular weight excluding hydrogens is 148 g/mol. The van der Waals surface area contributed by atoms with Crippen LogP contribution in [0, 0.1) is 0 Å². The maximum absolute atomic E-state index is 4.01. The van der Waals surface area contributed by atoms with Crippen LogP contribution >= 0.6 is 11.5 Å². The molecule has 50 valence electrons. The van der Waals surface area contributed by atoms with Gasteiger partial charge in [-0.2, -0.15) is 5.10 Å². The minimum atomic E-state index is 0.935. The third-order valence-electron chi connectivity index (χ3n) is 1.08. The van der Waals surface area contributed by atoms with Gasteiger partial charge < -0.3 is 0 Å². The molecule has 0 atom stereocenters. The predicted molar refractivity (Wildman–Crippen MR) is 37.0 cm³/mol. The standard InChI is InChI=1S/C5H4N4S/c1-2-7-9(3-1)5-4-6-8-10-5/h1-4H. The van der Waals surface area contributed by atoms with Crippen LogP contribution < -0.4 is 0 Å². The van der Waals surface area contributed by atoms with Crippen molar-refractivity contribution in [1.29, 1.82) is 0 Å². The molecular formula is C5H4N4S. The summed E-state index contributed by atoms with van der Waals surface area (Å²) in [6.45, 7) is 0. The van der Waals surface area contributed by atoms with E-state index in [2.05, 4.69) is 14.7 Å². The van der Waals surface area contributed by atoms with E-state index in [1.165, 1.54) is 11.5 Å². The van der Waals surface area contributed by atoms with Crippen LogP contribution in [0.4, 0.5) is 0 Å². The Morgan fingerprint density at radius 1 is 1.50 bits per heavy atom. The van der Waals surface area contributed by atoms with E-state index in [-0.39, 0.29) is 0 Å². The van der Waals surface area contributed by atoms with Crippen molar-refractivity contribution in [2.45, 2.75) is 0 Å². The maximum atomic E-state index is 4.01. The van der Waals surface area contributed by atoms with Gasteiger partial charge in [-0.1, -0.05) is 4.49 Å². The van der Waals surface area contributed by atoms with Crippen LogP contribution in [0.25, 0.3) is 5.00 Å². The van der Waals surface area contributed by atoms with Crippen LogP contribution in [0.1, 0.15) is 0 Å². The first-order chi connectivity index (χ1) is 4.97. The number of nitrogens with zero attached hydrogens (tertiary/aromatic N) is 4. The Balaban J connectivity index is 2.48. The molecule has 0 aromatic carbocycles. The number of hydrogen-bond donors (Lipinski definition) is 0. The van der Waals surface area contributed by atoms with Gasteiger partial charge in [-0.15, -0.1) is 5.10 Å². The lowest BCUT2D eigenvalue weighted by atomic mass is 10.7. The minimum absolute atomic E-state index is 0.935. The molecule has 0 amide bonds. The van der Waals surface area contributed by atoms with E-state index in [0.29, 0.717) is 0 Å². The van der Waals surface area contributed by atoms with Gasteiger partial charge in [0.25, 0.3) is 0 Å². The molecule has 0 radical (unpaired) electrons. The van der Waals surface area contributed by atoms with E-state index >= 15 is 0 Å². The largest absolute Gasteiger partial charge is 0.228 e. The number of aromatic nitrogens is 4. The van der Waals surface area contributed by atoms with Gasteiger partial charge in [0.2, 0.25) is 0 Å². The second-order valence-electron chi connectivity index (χ2n) is 1.71. The number of rotatable bonds is 1. The van der Waals surface area contributed by atoms with Crippen molar-refractivity contribution in [1.82, 2.24) is 19.4 Å². The van der Waals surface area contributed by atoms with Gasteiger partial charge in [-0.3, -0.25) is 0 Å². The molecule has 0 spiro atoms. The van der Waals surface area contributed by atoms with Gasteiger partial charge >= 0.3 is 0 Å². The molecule has 4 nitrogen and oxygen atoms in total. The number of hydrogen-bond acceptors (Lipinski definition) is 4. The SMILES string of the molecule is c1cnn(-c2cnns2)c1. The van der Waals surface area contributed by atoms with Crippen molar-refractivity contribution in [3.05, 3.63) is 24.7 Å². The summed E-state index contributed by atoms with van der Waals surface area (Å²) in [6, 6.07) is 1.86. The summed E-state index contributed by atoms with van der Waals surface area (Å²) in [5.74, 6) is 0. The normalized spacial score (nSPS) is 10.0. The van der Waals surface area contributed by atoms with E-state index in [9.17, 15) is 0 Å². The maximum Gasteiger partial charge on any atom is 0.157 e. The second kappa shape index (κ2) is 2.18. The molecule has 5 heteroatoms. The van der Waals surface area contributed by atoms with Gasteiger partial charge in [0.05, 0.1) is 6.20 Å². The summed E-state index contributed by atoms with van der Waals surface area (Å²) < 4.78 is 5.44. The average molecular weight is 152 g/mol. The van der Waals surface area contributed by atoms with E-state index in [1.54, 1.807) is 17.1 Å². The molecule has 10 heavy (non-hydrogen) atoms. The molecule has 0 aliphatic rings. The molecule has 0 N–H and O–H groups in total. The van der Waals surface area contributed by atoms with Gasteiger partial charge in [0.1, 0.15) is 0 Å². The summed E-state index contributed by atoms with van der Waals surface area (Å²) >= 11 is 1.32. The second-order valence-corrected chi connectivity index (χ2v) is 2.47. The molecule has 2 aromatic heterocycles.